The standard InChI is InChI=1S/C9H20N2O.H4N2/c1-2-3-4-5-10-9-8-12-7-6-11-9;1-2/h9-11H,2-8H2,1H3;1-2H2. The summed E-state index contributed by atoms with van der Waals surface area (Å²) >= 11 is 0. The van der Waals surface area contributed by atoms with Crippen LogP contribution in [0.2, 0.25) is 0 Å². The summed E-state index contributed by atoms with van der Waals surface area (Å²) < 4.78 is 5.31. The second kappa shape index (κ2) is 10.9. The second-order valence-corrected chi connectivity index (χ2v) is 3.24. The van der Waals surface area contributed by atoms with Gasteiger partial charge < -0.3 is 4.74 Å². The summed E-state index contributed by atoms with van der Waals surface area (Å²) in [7, 11) is 0. The third-order valence-electron chi connectivity index (χ3n) is 2.09. The summed E-state index contributed by atoms with van der Waals surface area (Å²) in [5.74, 6) is 8.00. The number of morpholine rings is 1. The van der Waals surface area contributed by atoms with E-state index in [-0.39, 0.29) is 0 Å². The predicted octanol–water partition coefficient (Wildman–Crippen LogP) is -0.469. The lowest BCUT2D eigenvalue weighted by Gasteiger charge is -2.24. The van der Waals surface area contributed by atoms with Crippen molar-refractivity contribution in [2.45, 2.75) is 32.4 Å². The molecular weight excluding hydrogens is 180 g/mol. The van der Waals surface area contributed by atoms with E-state index in [2.05, 4.69) is 29.2 Å². The van der Waals surface area contributed by atoms with Crippen molar-refractivity contribution in [2.24, 2.45) is 11.7 Å². The van der Waals surface area contributed by atoms with Gasteiger partial charge in [-0.2, -0.15) is 0 Å². The Morgan fingerprint density at radius 1 is 1.43 bits per heavy atom. The first kappa shape index (κ1) is 13.8. The highest BCUT2D eigenvalue weighted by atomic mass is 16.5. The maximum Gasteiger partial charge on any atom is 0.0814 e. The molecule has 5 heteroatoms. The summed E-state index contributed by atoms with van der Waals surface area (Å²) in [6.45, 7) is 5.97. The molecule has 0 radical (unpaired) electrons. The molecule has 86 valence electrons. The molecule has 0 aromatic heterocycles. The van der Waals surface area contributed by atoms with E-state index in [1.54, 1.807) is 0 Å². The molecule has 1 fully saturated rings. The fourth-order valence-electron chi connectivity index (χ4n) is 1.35. The lowest BCUT2D eigenvalue weighted by molar-refractivity contribution is 0.0658. The van der Waals surface area contributed by atoms with Crippen molar-refractivity contribution < 1.29 is 4.74 Å². The Morgan fingerprint density at radius 3 is 2.79 bits per heavy atom. The molecule has 0 aromatic rings. The summed E-state index contributed by atoms with van der Waals surface area (Å²) in [5.41, 5.74) is 0. The number of hydrazine groups is 1. The molecule has 0 bridgehead atoms. The highest BCUT2D eigenvalue weighted by Crippen LogP contribution is 1.93. The van der Waals surface area contributed by atoms with Crippen LogP contribution in [0.25, 0.3) is 0 Å². The predicted molar refractivity (Wildman–Crippen MR) is 58.5 cm³/mol. The number of hydrogen-bond acceptors (Lipinski definition) is 5. The zero-order chi connectivity index (χ0) is 10.6. The van der Waals surface area contributed by atoms with Crippen molar-refractivity contribution in [1.29, 1.82) is 0 Å². The lowest BCUT2D eigenvalue weighted by atomic mass is 10.2. The average molecular weight is 204 g/mol. The van der Waals surface area contributed by atoms with E-state index in [1.807, 2.05) is 0 Å². The summed E-state index contributed by atoms with van der Waals surface area (Å²) in [4.78, 5) is 0. The molecule has 5 nitrogen and oxygen atoms in total. The minimum atomic E-state index is 0.385. The van der Waals surface area contributed by atoms with Crippen LogP contribution in [0, 0.1) is 0 Å². The van der Waals surface area contributed by atoms with Gasteiger partial charge in [0, 0.05) is 6.54 Å². The normalized spacial score (nSPS) is 21.2. The van der Waals surface area contributed by atoms with Crippen molar-refractivity contribution in [3.8, 4) is 0 Å². The molecule has 0 amide bonds. The molecule has 1 aliphatic heterocycles. The third kappa shape index (κ3) is 7.23. The monoisotopic (exact) mass is 204 g/mol. The van der Waals surface area contributed by atoms with Gasteiger partial charge in [-0.1, -0.05) is 19.8 Å². The summed E-state index contributed by atoms with van der Waals surface area (Å²) in [6, 6.07) is 0. The van der Waals surface area contributed by atoms with Crippen LogP contribution in [0.15, 0.2) is 0 Å². The molecule has 6 N–H and O–H groups in total. The number of nitrogens with one attached hydrogen (secondary N) is 2. The van der Waals surface area contributed by atoms with Gasteiger partial charge in [-0.15, -0.1) is 0 Å². The van der Waals surface area contributed by atoms with Gasteiger partial charge in [-0.25, -0.2) is 0 Å². The lowest BCUT2D eigenvalue weighted by Crippen LogP contribution is -2.50. The minimum absolute atomic E-state index is 0.385. The van der Waals surface area contributed by atoms with Gasteiger partial charge in [0.2, 0.25) is 0 Å². The maximum atomic E-state index is 5.31. The first-order valence-corrected chi connectivity index (χ1v) is 5.31. The van der Waals surface area contributed by atoms with Gasteiger partial charge in [-0.05, 0) is 13.0 Å². The van der Waals surface area contributed by atoms with Crippen LogP contribution in [0.1, 0.15) is 26.2 Å². The van der Waals surface area contributed by atoms with Gasteiger partial charge in [-0.3, -0.25) is 22.3 Å². The van der Waals surface area contributed by atoms with Crippen molar-refractivity contribution in [3.63, 3.8) is 0 Å². The van der Waals surface area contributed by atoms with Crippen LogP contribution in [0.4, 0.5) is 0 Å². The van der Waals surface area contributed by atoms with Gasteiger partial charge in [0.25, 0.3) is 0 Å². The molecule has 1 aliphatic rings. The minimum Gasteiger partial charge on any atom is -0.377 e. The molecule has 1 rings (SSSR count). The van der Waals surface area contributed by atoms with Crippen LogP contribution in [-0.4, -0.2) is 32.5 Å². The molecule has 0 aliphatic carbocycles. The molecular formula is C9H24N4O. The van der Waals surface area contributed by atoms with Crippen molar-refractivity contribution >= 4 is 0 Å². The Labute approximate surface area is 86.5 Å². The highest BCUT2D eigenvalue weighted by molar-refractivity contribution is 4.67. The first-order valence-electron chi connectivity index (χ1n) is 5.31. The van der Waals surface area contributed by atoms with E-state index in [4.69, 9.17) is 4.74 Å². The molecule has 0 spiro atoms. The number of unbranched alkanes of at least 4 members (excludes halogenated alkanes) is 2. The van der Waals surface area contributed by atoms with E-state index in [9.17, 15) is 0 Å². The first-order chi connectivity index (χ1) is 6.93. The molecule has 1 saturated heterocycles. The van der Waals surface area contributed by atoms with Crippen LogP contribution in [-0.2, 0) is 4.74 Å². The van der Waals surface area contributed by atoms with Crippen molar-refractivity contribution in [1.82, 2.24) is 10.6 Å². The van der Waals surface area contributed by atoms with Crippen molar-refractivity contribution in [3.05, 3.63) is 0 Å². The van der Waals surface area contributed by atoms with Crippen molar-refractivity contribution in [2.75, 3.05) is 26.3 Å². The topological polar surface area (TPSA) is 85.3 Å². The van der Waals surface area contributed by atoms with Crippen LogP contribution >= 0.6 is 0 Å². The molecule has 0 aromatic carbocycles. The number of nitrogens with two attached hydrogens (primary N) is 2. The van der Waals surface area contributed by atoms with Gasteiger partial charge >= 0.3 is 0 Å². The van der Waals surface area contributed by atoms with Crippen LogP contribution < -0.4 is 22.3 Å². The molecule has 14 heavy (non-hydrogen) atoms. The number of ether oxygens (including phenoxy) is 1. The van der Waals surface area contributed by atoms with E-state index in [1.165, 1.54) is 19.3 Å². The highest BCUT2D eigenvalue weighted by Gasteiger charge is 2.10. The molecule has 1 atom stereocenters. The quantitative estimate of drug-likeness (QED) is 0.276. The Balaban J connectivity index is 0.000000791. The second-order valence-electron chi connectivity index (χ2n) is 3.24. The fourth-order valence-corrected chi connectivity index (χ4v) is 1.35. The number of hydrogen-bond donors (Lipinski definition) is 4. The van der Waals surface area contributed by atoms with Gasteiger partial charge in [0.1, 0.15) is 0 Å². The average Bonchev–Trinajstić information content (AvgIpc) is 2.29. The summed E-state index contributed by atoms with van der Waals surface area (Å²) in [5, 5.41) is 6.78. The maximum absolute atomic E-state index is 5.31. The SMILES string of the molecule is CCCCCNC1COCCN1.NN. The van der Waals surface area contributed by atoms with E-state index in [0.29, 0.717) is 6.17 Å². The Kier molecular flexibility index (Phi) is 10.7. The van der Waals surface area contributed by atoms with E-state index < -0.39 is 0 Å². The third-order valence-corrected chi connectivity index (χ3v) is 2.09. The zero-order valence-electron chi connectivity index (χ0n) is 9.09. The smallest absolute Gasteiger partial charge is 0.0814 e. The molecule has 1 heterocycles. The molecule has 0 saturated carbocycles. The van der Waals surface area contributed by atoms with Gasteiger partial charge in [0.05, 0.1) is 19.4 Å². The van der Waals surface area contributed by atoms with E-state index in [0.717, 1.165) is 26.3 Å². The Bertz CT molecular complexity index is 107. The van der Waals surface area contributed by atoms with Crippen LogP contribution in [0.3, 0.4) is 0 Å². The fraction of sp³-hybridized carbons (Fsp3) is 1.00. The van der Waals surface area contributed by atoms with Gasteiger partial charge in [0.15, 0.2) is 0 Å². The Hall–Kier alpha value is -0.200. The molecule has 1 unspecified atom stereocenters. The summed E-state index contributed by atoms with van der Waals surface area (Å²) in [6.07, 6.45) is 4.27. The van der Waals surface area contributed by atoms with Crippen LogP contribution in [0.5, 0.6) is 0 Å². The Morgan fingerprint density at radius 2 is 2.21 bits per heavy atom. The number of rotatable bonds is 5. The largest absolute Gasteiger partial charge is 0.377 e. The van der Waals surface area contributed by atoms with E-state index >= 15 is 0 Å². The zero-order valence-corrected chi connectivity index (χ0v) is 9.09.